The lowest BCUT2D eigenvalue weighted by atomic mass is 10.1. The van der Waals surface area contributed by atoms with Crippen molar-refractivity contribution in [1.29, 1.82) is 0 Å². The molecule has 0 bridgehead atoms. The molecule has 4 nitrogen and oxygen atoms in total. The van der Waals surface area contributed by atoms with Crippen LogP contribution in [0.15, 0.2) is 24.3 Å². The third-order valence-electron chi connectivity index (χ3n) is 3.23. The third kappa shape index (κ3) is 3.84. The number of hydrogen-bond donors (Lipinski definition) is 1. The van der Waals surface area contributed by atoms with Crippen molar-refractivity contribution in [2.24, 2.45) is 0 Å². The highest BCUT2D eigenvalue weighted by atomic mass is 127. The van der Waals surface area contributed by atoms with E-state index >= 15 is 0 Å². The highest BCUT2D eigenvalue weighted by Gasteiger charge is 2.14. The molecular formula is C16H20IN3O. The molecule has 112 valence electrons. The molecule has 0 saturated carbocycles. The minimum Gasteiger partial charge on any atom is -0.497 e. The molecule has 1 heterocycles. The first-order valence-electron chi connectivity index (χ1n) is 6.92. The Kier molecular flexibility index (Phi) is 5.39. The fourth-order valence-corrected chi connectivity index (χ4v) is 3.20. The van der Waals surface area contributed by atoms with Crippen LogP contribution in [0, 0.1) is 3.57 Å². The monoisotopic (exact) mass is 397 g/mol. The van der Waals surface area contributed by atoms with Crippen LogP contribution in [0.25, 0.3) is 0 Å². The number of anilines is 1. The first-order chi connectivity index (χ1) is 10.0. The molecule has 0 radical (unpaired) electrons. The summed E-state index contributed by atoms with van der Waals surface area (Å²) in [7, 11) is 3.57. The predicted molar refractivity (Wildman–Crippen MR) is 94.2 cm³/mol. The van der Waals surface area contributed by atoms with Gasteiger partial charge in [-0.3, -0.25) is 0 Å². The van der Waals surface area contributed by atoms with Crippen LogP contribution in [0.4, 0.5) is 5.82 Å². The van der Waals surface area contributed by atoms with Crippen molar-refractivity contribution < 1.29 is 4.74 Å². The summed E-state index contributed by atoms with van der Waals surface area (Å²) in [5.74, 6) is 2.98. The summed E-state index contributed by atoms with van der Waals surface area (Å²) in [6.07, 6.45) is 0.718. The van der Waals surface area contributed by atoms with E-state index in [4.69, 9.17) is 9.72 Å². The van der Waals surface area contributed by atoms with Gasteiger partial charge in [0.15, 0.2) is 0 Å². The molecular weight excluding hydrogens is 377 g/mol. The van der Waals surface area contributed by atoms with Crippen LogP contribution >= 0.6 is 22.6 Å². The zero-order valence-electron chi connectivity index (χ0n) is 12.8. The number of halogens is 1. The Morgan fingerprint density at radius 2 is 1.86 bits per heavy atom. The molecule has 0 aliphatic heterocycles. The highest BCUT2D eigenvalue weighted by molar-refractivity contribution is 14.1. The van der Waals surface area contributed by atoms with Crippen LogP contribution in [0.3, 0.4) is 0 Å². The molecule has 1 aromatic carbocycles. The van der Waals surface area contributed by atoms with E-state index in [-0.39, 0.29) is 0 Å². The molecule has 0 amide bonds. The Hall–Kier alpha value is -1.37. The molecule has 0 spiro atoms. The SMILES string of the molecule is CNc1nc(Cc2ccc(OC)cc2)nc(C(C)C)c1I. The quantitative estimate of drug-likeness (QED) is 0.779. The second kappa shape index (κ2) is 7.06. The second-order valence-corrected chi connectivity index (χ2v) is 6.20. The van der Waals surface area contributed by atoms with Crippen molar-refractivity contribution in [3.05, 3.63) is 44.9 Å². The maximum atomic E-state index is 5.18. The summed E-state index contributed by atoms with van der Waals surface area (Å²) < 4.78 is 6.28. The fourth-order valence-electron chi connectivity index (χ4n) is 2.07. The first-order valence-corrected chi connectivity index (χ1v) is 8.00. The van der Waals surface area contributed by atoms with E-state index in [2.05, 4.69) is 46.7 Å². The van der Waals surface area contributed by atoms with Gasteiger partial charge in [0.1, 0.15) is 17.4 Å². The van der Waals surface area contributed by atoms with Gasteiger partial charge in [-0.25, -0.2) is 9.97 Å². The van der Waals surface area contributed by atoms with E-state index in [0.717, 1.165) is 33.1 Å². The van der Waals surface area contributed by atoms with Gasteiger partial charge in [0.05, 0.1) is 16.4 Å². The number of benzene rings is 1. The van der Waals surface area contributed by atoms with Crippen LogP contribution in [-0.4, -0.2) is 24.1 Å². The standard InChI is InChI=1S/C16H20IN3O/c1-10(2)15-14(17)16(18-3)20-13(19-15)9-11-5-7-12(21-4)8-6-11/h5-8,10H,9H2,1-4H3,(H,18,19,20). The average molecular weight is 397 g/mol. The van der Waals surface area contributed by atoms with Crippen molar-refractivity contribution in [1.82, 2.24) is 9.97 Å². The average Bonchev–Trinajstić information content (AvgIpc) is 2.49. The summed E-state index contributed by atoms with van der Waals surface area (Å²) in [6.45, 7) is 4.31. The Morgan fingerprint density at radius 1 is 1.19 bits per heavy atom. The van der Waals surface area contributed by atoms with Gasteiger partial charge in [0.2, 0.25) is 0 Å². The van der Waals surface area contributed by atoms with Crippen molar-refractivity contribution in [2.75, 3.05) is 19.5 Å². The zero-order valence-corrected chi connectivity index (χ0v) is 14.9. The Labute approximate surface area is 139 Å². The highest BCUT2D eigenvalue weighted by Crippen LogP contribution is 2.25. The largest absolute Gasteiger partial charge is 0.497 e. The molecule has 0 aliphatic carbocycles. The molecule has 2 rings (SSSR count). The lowest BCUT2D eigenvalue weighted by molar-refractivity contribution is 0.414. The van der Waals surface area contributed by atoms with E-state index in [0.29, 0.717) is 5.92 Å². The summed E-state index contributed by atoms with van der Waals surface area (Å²) in [5, 5.41) is 3.16. The number of hydrogen-bond acceptors (Lipinski definition) is 4. The number of aromatic nitrogens is 2. The van der Waals surface area contributed by atoms with Crippen molar-refractivity contribution in [2.45, 2.75) is 26.2 Å². The van der Waals surface area contributed by atoms with Crippen LogP contribution in [-0.2, 0) is 6.42 Å². The normalized spacial score (nSPS) is 10.8. The molecule has 5 heteroatoms. The van der Waals surface area contributed by atoms with Crippen LogP contribution in [0.1, 0.15) is 36.8 Å². The van der Waals surface area contributed by atoms with Gasteiger partial charge in [0.25, 0.3) is 0 Å². The van der Waals surface area contributed by atoms with E-state index in [1.54, 1.807) is 7.11 Å². The Bertz CT molecular complexity index is 612. The first kappa shape index (κ1) is 16.0. The lowest BCUT2D eigenvalue weighted by Crippen LogP contribution is -2.09. The van der Waals surface area contributed by atoms with Gasteiger partial charge < -0.3 is 10.1 Å². The second-order valence-electron chi connectivity index (χ2n) is 5.12. The summed E-state index contributed by atoms with van der Waals surface area (Å²) in [4.78, 5) is 9.34. The van der Waals surface area contributed by atoms with Gasteiger partial charge in [-0.1, -0.05) is 26.0 Å². The molecule has 0 atom stereocenters. The number of nitrogens with zero attached hydrogens (tertiary/aromatic N) is 2. The van der Waals surface area contributed by atoms with E-state index in [9.17, 15) is 0 Å². The minimum absolute atomic E-state index is 0.376. The maximum Gasteiger partial charge on any atom is 0.143 e. The molecule has 0 saturated heterocycles. The Morgan fingerprint density at radius 3 is 2.38 bits per heavy atom. The Balaban J connectivity index is 2.32. The van der Waals surface area contributed by atoms with E-state index in [1.807, 2.05) is 31.3 Å². The van der Waals surface area contributed by atoms with E-state index < -0.39 is 0 Å². The van der Waals surface area contributed by atoms with Crippen molar-refractivity contribution in [3.63, 3.8) is 0 Å². The van der Waals surface area contributed by atoms with Crippen LogP contribution in [0.2, 0.25) is 0 Å². The molecule has 1 N–H and O–H groups in total. The minimum atomic E-state index is 0.376. The van der Waals surface area contributed by atoms with Gasteiger partial charge in [0, 0.05) is 13.5 Å². The number of nitrogens with one attached hydrogen (secondary N) is 1. The van der Waals surface area contributed by atoms with Crippen molar-refractivity contribution in [3.8, 4) is 5.75 Å². The summed E-state index contributed by atoms with van der Waals surface area (Å²) >= 11 is 2.31. The predicted octanol–water partition coefficient (Wildman–Crippen LogP) is 3.85. The zero-order chi connectivity index (χ0) is 15.4. The number of rotatable bonds is 5. The maximum absolute atomic E-state index is 5.18. The molecule has 21 heavy (non-hydrogen) atoms. The molecule has 0 unspecified atom stereocenters. The number of methoxy groups -OCH3 is 1. The molecule has 2 aromatic rings. The van der Waals surface area contributed by atoms with Gasteiger partial charge in [-0.2, -0.15) is 0 Å². The van der Waals surface area contributed by atoms with Gasteiger partial charge >= 0.3 is 0 Å². The fraction of sp³-hybridized carbons (Fsp3) is 0.375. The van der Waals surface area contributed by atoms with Crippen molar-refractivity contribution >= 4 is 28.4 Å². The third-order valence-corrected chi connectivity index (χ3v) is 4.29. The summed E-state index contributed by atoms with van der Waals surface area (Å²) in [5.41, 5.74) is 2.27. The topological polar surface area (TPSA) is 47.0 Å². The molecule has 1 aromatic heterocycles. The molecule has 0 fully saturated rings. The van der Waals surface area contributed by atoms with E-state index in [1.165, 1.54) is 5.56 Å². The smallest absolute Gasteiger partial charge is 0.143 e. The van der Waals surface area contributed by atoms with Crippen LogP contribution < -0.4 is 10.1 Å². The lowest BCUT2D eigenvalue weighted by Gasteiger charge is -2.13. The van der Waals surface area contributed by atoms with Gasteiger partial charge in [-0.15, -0.1) is 0 Å². The summed E-state index contributed by atoms with van der Waals surface area (Å²) in [6, 6.07) is 8.03. The van der Waals surface area contributed by atoms with Crippen LogP contribution in [0.5, 0.6) is 5.75 Å². The number of ether oxygens (including phenoxy) is 1. The molecule has 0 aliphatic rings. The van der Waals surface area contributed by atoms with Gasteiger partial charge in [-0.05, 0) is 46.2 Å².